The van der Waals surface area contributed by atoms with E-state index in [0.29, 0.717) is 0 Å². The van der Waals surface area contributed by atoms with Gasteiger partial charge >= 0.3 is 0 Å². The maximum atomic E-state index is 3.49. The van der Waals surface area contributed by atoms with Gasteiger partial charge in [-0.1, -0.05) is 13.8 Å². The van der Waals surface area contributed by atoms with Gasteiger partial charge in [-0.3, -0.25) is 0 Å². The first kappa shape index (κ1) is 15.7. The predicted octanol–water partition coefficient (Wildman–Crippen LogP) is 2.46. The van der Waals surface area contributed by atoms with Crippen LogP contribution in [0.25, 0.3) is 0 Å². The molecule has 0 aliphatic heterocycles. The number of rotatable bonds is 0. The molecule has 0 aromatic heterocycles. The maximum Gasteiger partial charge on any atom is 0 e. The summed E-state index contributed by atoms with van der Waals surface area (Å²) in [6.45, 7) is 11.0. The van der Waals surface area contributed by atoms with E-state index in [1.165, 1.54) is 0 Å². The van der Waals surface area contributed by atoms with Crippen molar-refractivity contribution in [2.24, 2.45) is 0 Å². The van der Waals surface area contributed by atoms with Crippen LogP contribution in [-0.2, 0) is 32.7 Å². The third-order valence-corrected chi connectivity index (χ3v) is 0. The fraction of sp³-hybridized carbons (Fsp3) is 0.667. The summed E-state index contributed by atoms with van der Waals surface area (Å²) in [7, 11) is 0. The largest absolute Gasteiger partial charge is 0.344 e. The summed E-state index contributed by atoms with van der Waals surface area (Å²) in [6, 6.07) is 0. The van der Waals surface area contributed by atoms with Crippen LogP contribution in [0.5, 0.6) is 0 Å². The molecule has 0 rings (SSSR count). The normalized spacial score (nSPS) is 5.14. The number of hydrogen-bond acceptors (Lipinski definition) is 0. The Bertz CT molecular complexity index is 6.14. The van der Waals surface area contributed by atoms with Crippen LogP contribution in [0.3, 0.4) is 0 Å². The zero-order valence-corrected chi connectivity index (χ0v) is 8.24. The molecule has 0 aromatic rings. The van der Waals surface area contributed by atoms with Crippen molar-refractivity contribution >= 4 is 0 Å². The van der Waals surface area contributed by atoms with Gasteiger partial charge < -0.3 is 13.8 Å². The zero-order valence-electron chi connectivity index (χ0n) is 5.41. The van der Waals surface area contributed by atoms with Gasteiger partial charge in [0.25, 0.3) is 0 Å². The summed E-state index contributed by atoms with van der Waals surface area (Å²) in [5.74, 6) is 0. The van der Waals surface area contributed by atoms with E-state index in [4.69, 9.17) is 0 Å². The van der Waals surface area contributed by atoms with Gasteiger partial charge in [0.15, 0.2) is 0 Å². The summed E-state index contributed by atoms with van der Waals surface area (Å²) in [5, 5.41) is 0. The molecule has 0 saturated carbocycles. The molecule has 43 valence electrons. The Kier molecular flexibility index (Phi) is 61.6. The maximum absolute atomic E-state index is 3.49. The van der Waals surface area contributed by atoms with Crippen LogP contribution in [0.1, 0.15) is 26.7 Å². The Balaban J connectivity index is -0.0000000400. The van der Waals surface area contributed by atoms with Crippen LogP contribution in [0.15, 0.2) is 0 Å². The molecular formula is C6H14Y-2. The quantitative estimate of drug-likeness (QED) is 0.496. The van der Waals surface area contributed by atoms with Crippen LogP contribution >= 0.6 is 0 Å². The minimum absolute atomic E-state index is 0. The van der Waals surface area contributed by atoms with Gasteiger partial charge in [0.2, 0.25) is 0 Å². The molecule has 0 fully saturated rings. The average molecular weight is 175 g/mol. The minimum Gasteiger partial charge on any atom is -0.344 e. The van der Waals surface area contributed by atoms with Gasteiger partial charge in [0.05, 0.1) is 0 Å². The molecule has 0 unspecified atom stereocenters. The second kappa shape index (κ2) is 27.5. The molecule has 0 aliphatic carbocycles. The molecular weight excluding hydrogens is 161 g/mol. The monoisotopic (exact) mass is 175 g/mol. The predicted molar refractivity (Wildman–Crippen MR) is 31.3 cm³/mol. The first-order valence-corrected chi connectivity index (χ1v) is 2.41. The second-order valence-electron chi connectivity index (χ2n) is 1.000. The second-order valence-corrected chi connectivity index (χ2v) is 1.000. The van der Waals surface area contributed by atoms with E-state index in [9.17, 15) is 0 Å². The summed E-state index contributed by atoms with van der Waals surface area (Å²) in [5.41, 5.74) is 0. The first-order chi connectivity index (χ1) is 2.83. The van der Waals surface area contributed by atoms with Crippen molar-refractivity contribution in [2.75, 3.05) is 0 Å². The average Bonchev–Trinajstić information content (AvgIpc) is 1.39. The van der Waals surface area contributed by atoms with E-state index in [1.807, 2.05) is 13.8 Å². The van der Waals surface area contributed by atoms with Crippen LogP contribution in [0, 0.1) is 13.8 Å². The van der Waals surface area contributed by atoms with Crippen molar-refractivity contribution in [3.8, 4) is 0 Å². The molecule has 0 nitrogen and oxygen atoms in total. The standard InChI is InChI=1S/2C3H7.Y/c2*1-3-2;/h2*1,3H2,2H3;/q2*-1;. The van der Waals surface area contributed by atoms with Crippen LogP contribution in [0.2, 0.25) is 0 Å². The van der Waals surface area contributed by atoms with Gasteiger partial charge in [0, 0.05) is 32.7 Å². The summed E-state index contributed by atoms with van der Waals surface area (Å²) < 4.78 is 0. The fourth-order valence-corrected chi connectivity index (χ4v) is 0. The smallest absolute Gasteiger partial charge is 0 e. The van der Waals surface area contributed by atoms with E-state index >= 15 is 0 Å². The van der Waals surface area contributed by atoms with E-state index in [-0.39, 0.29) is 32.7 Å². The summed E-state index contributed by atoms with van der Waals surface area (Å²) >= 11 is 0. The zero-order chi connectivity index (χ0) is 5.41. The van der Waals surface area contributed by atoms with Gasteiger partial charge in [-0.05, 0) is 0 Å². The Labute approximate surface area is 73.0 Å². The van der Waals surface area contributed by atoms with Gasteiger partial charge in [-0.25, -0.2) is 0 Å². The van der Waals surface area contributed by atoms with Gasteiger partial charge in [-0.15, -0.1) is 0 Å². The molecule has 7 heavy (non-hydrogen) atoms. The molecule has 0 N–H and O–H groups in total. The van der Waals surface area contributed by atoms with E-state index in [0.717, 1.165) is 12.8 Å². The Morgan fingerprint density at radius 3 is 1.00 bits per heavy atom. The van der Waals surface area contributed by atoms with Crippen molar-refractivity contribution in [2.45, 2.75) is 26.7 Å². The van der Waals surface area contributed by atoms with E-state index in [1.54, 1.807) is 0 Å². The van der Waals surface area contributed by atoms with Crippen molar-refractivity contribution in [3.05, 3.63) is 13.8 Å². The molecule has 1 radical (unpaired) electrons. The first-order valence-electron chi connectivity index (χ1n) is 2.41. The molecule has 0 aromatic carbocycles. The molecule has 0 bridgehead atoms. The van der Waals surface area contributed by atoms with Crippen LogP contribution < -0.4 is 0 Å². The topological polar surface area (TPSA) is 0 Å². The molecule has 0 atom stereocenters. The van der Waals surface area contributed by atoms with Gasteiger partial charge in [0.1, 0.15) is 0 Å². The molecule has 0 amide bonds. The van der Waals surface area contributed by atoms with Crippen molar-refractivity contribution in [3.63, 3.8) is 0 Å². The van der Waals surface area contributed by atoms with Gasteiger partial charge in [-0.2, -0.15) is 12.8 Å². The Hall–Kier alpha value is 1.10. The molecule has 1 heteroatoms. The Morgan fingerprint density at radius 2 is 1.00 bits per heavy atom. The summed E-state index contributed by atoms with van der Waals surface area (Å²) in [4.78, 5) is 0. The van der Waals surface area contributed by atoms with E-state index < -0.39 is 0 Å². The molecule has 0 aliphatic rings. The van der Waals surface area contributed by atoms with Crippen molar-refractivity contribution < 1.29 is 32.7 Å². The van der Waals surface area contributed by atoms with Crippen molar-refractivity contribution in [1.82, 2.24) is 0 Å². The number of hydrogen-bond donors (Lipinski definition) is 0. The summed E-state index contributed by atoms with van der Waals surface area (Å²) in [6.07, 6.45) is 2.00. The minimum atomic E-state index is 0. The van der Waals surface area contributed by atoms with Crippen LogP contribution in [0.4, 0.5) is 0 Å². The Morgan fingerprint density at radius 1 is 1.00 bits per heavy atom. The van der Waals surface area contributed by atoms with Crippen molar-refractivity contribution in [1.29, 1.82) is 0 Å². The SMILES string of the molecule is [CH2-]CC.[CH2-]CC.[Y]. The third kappa shape index (κ3) is 152. The molecule has 0 spiro atoms. The molecule has 0 saturated heterocycles. The van der Waals surface area contributed by atoms with Crippen LogP contribution in [-0.4, -0.2) is 0 Å². The fourth-order valence-electron chi connectivity index (χ4n) is 0. The third-order valence-electron chi connectivity index (χ3n) is 0. The van der Waals surface area contributed by atoms with E-state index in [2.05, 4.69) is 13.8 Å². The molecule has 0 heterocycles.